The normalized spacial score (nSPS) is 14.0. The summed E-state index contributed by atoms with van der Waals surface area (Å²) in [5, 5.41) is 12.2. The molecule has 138 valence electrons. The molecule has 7 heteroatoms. The third-order valence-corrected chi connectivity index (χ3v) is 5.58. The van der Waals surface area contributed by atoms with Crippen molar-refractivity contribution in [2.24, 2.45) is 11.7 Å². The zero-order valence-electron chi connectivity index (χ0n) is 14.5. The van der Waals surface area contributed by atoms with Gasteiger partial charge in [0.1, 0.15) is 5.71 Å². The van der Waals surface area contributed by atoms with Crippen LogP contribution in [0.1, 0.15) is 29.5 Å². The maximum Gasteiger partial charge on any atom is 0.266 e. The van der Waals surface area contributed by atoms with Gasteiger partial charge < -0.3 is 11.1 Å². The molecule has 1 aliphatic carbocycles. The molecule has 4 N–H and O–H groups in total. The first-order valence-corrected chi connectivity index (χ1v) is 9.86. The van der Waals surface area contributed by atoms with Gasteiger partial charge >= 0.3 is 0 Å². The second-order valence-electron chi connectivity index (χ2n) is 6.20. The zero-order valence-corrected chi connectivity index (χ0v) is 16.9. The molecule has 0 radical (unpaired) electrons. The van der Waals surface area contributed by atoms with Crippen molar-refractivity contribution >= 4 is 57.5 Å². The highest BCUT2D eigenvalue weighted by molar-refractivity contribution is 7.13. The van der Waals surface area contributed by atoms with Gasteiger partial charge in [0.05, 0.1) is 26.2 Å². The van der Waals surface area contributed by atoms with E-state index in [-0.39, 0.29) is 5.71 Å². The summed E-state index contributed by atoms with van der Waals surface area (Å²) in [5.74, 6) is 6.14. The molecule has 0 saturated heterocycles. The summed E-state index contributed by atoms with van der Waals surface area (Å²) >= 11 is 13.7. The SMILES string of the molecule is C/C(C(=N)C(N)=O)=C(/Nc1ccc(Cl)cc1Cl)c1ccc(C#CC2CC2)s1. The summed E-state index contributed by atoms with van der Waals surface area (Å²) in [5.41, 5.74) is 6.67. The molecule has 1 heterocycles. The van der Waals surface area contributed by atoms with Gasteiger partial charge in [-0.2, -0.15) is 0 Å². The predicted molar refractivity (Wildman–Crippen MR) is 114 cm³/mol. The molecule has 1 aromatic heterocycles. The van der Waals surface area contributed by atoms with Crippen molar-refractivity contribution in [3.05, 3.63) is 55.7 Å². The van der Waals surface area contributed by atoms with E-state index in [4.69, 9.17) is 34.3 Å². The minimum absolute atomic E-state index is 0.262. The van der Waals surface area contributed by atoms with Crippen molar-refractivity contribution in [2.75, 3.05) is 5.32 Å². The molecule has 1 fully saturated rings. The minimum Gasteiger partial charge on any atom is -0.364 e. The predicted octanol–water partition coefficient (Wildman–Crippen LogP) is 5.16. The number of benzene rings is 1. The maximum atomic E-state index is 11.5. The Labute approximate surface area is 171 Å². The smallest absolute Gasteiger partial charge is 0.266 e. The molecule has 1 saturated carbocycles. The summed E-state index contributed by atoms with van der Waals surface area (Å²) in [6.45, 7) is 1.68. The van der Waals surface area contributed by atoms with Crippen LogP contribution in [-0.2, 0) is 4.79 Å². The van der Waals surface area contributed by atoms with Crippen molar-refractivity contribution in [3.63, 3.8) is 0 Å². The van der Waals surface area contributed by atoms with Crippen LogP contribution in [0.2, 0.25) is 10.0 Å². The Bertz CT molecular complexity index is 1010. The highest BCUT2D eigenvalue weighted by atomic mass is 35.5. The molecule has 0 aliphatic heterocycles. The molecule has 2 aromatic rings. The van der Waals surface area contributed by atoms with Gasteiger partial charge in [-0.25, -0.2) is 0 Å². The molecular weight excluding hydrogens is 401 g/mol. The molecule has 0 unspecified atom stereocenters. The average Bonchev–Trinajstić information content (AvgIpc) is 3.34. The summed E-state index contributed by atoms with van der Waals surface area (Å²) in [7, 11) is 0. The van der Waals surface area contributed by atoms with Gasteiger partial charge in [-0.05, 0) is 50.1 Å². The first kappa shape index (κ1) is 19.5. The van der Waals surface area contributed by atoms with Crippen molar-refractivity contribution in [1.82, 2.24) is 0 Å². The average molecular weight is 418 g/mol. The van der Waals surface area contributed by atoms with Gasteiger partial charge in [-0.3, -0.25) is 10.2 Å². The number of amides is 1. The number of nitrogens with two attached hydrogens (primary N) is 1. The van der Waals surface area contributed by atoms with E-state index in [1.54, 1.807) is 25.1 Å². The van der Waals surface area contributed by atoms with E-state index in [1.165, 1.54) is 24.2 Å². The quantitative estimate of drug-likeness (QED) is 0.463. The number of carbonyl (C=O) groups excluding carboxylic acids is 1. The molecule has 27 heavy (non-hydrogen) atoms. The third-order valence-electron chi connectivity index (χ3n) is 4.02. The number of thiophene rings is 1. The summed E-state index contributed by atoms with van der Waals surface area (Å²) in [6.07, 6.45) is 2.34. The molecule has 1 aliphatic rings. The number of primary amides is 1. The number of halogens is 2. The summed E-state index contributed by atoms with van der Waals surface area (Å²) < 4.78 is 0. The van der Waals surface area contributed by atoms with E-state index in [0.29, 0.717) is 32.9 Å². The Morgan fingerprint density at radius 1 is 1.30 bits per heavy atom. The fourth-order valence-corrected chi connectivity index (χ4v) is 3.70. The fourth-order valence-electron chi connectivity index (χ4n) is 2.32. The van der Waals surface area contributed by atoms with E-state index >= 15 is 0 Å². The molecule has 1 amide bonds. The van der Waals surface area contributed by atoms with Gasteiger partial charge in [0.15, 0.2) is 0 Å². The van der Waals surface area contributed by atoms with E-state index < -0.39 is 5.91 Å². The number of carbonyl (C=O) groups is 1. The molecular formula is C20H17Cl2N3OS. The highest BCUT2D eigenvalue weighted by Gasteiger charge is 2.19. The number of anilines is 1. The lowest BCUT2D eigenvalue weighted by Gasteiger charge is -2.15. The zero-order chi connectivity index (χ0) is 19.6. The van der Waals surface area contributed by atoms with Gasteiger partial charge in [-0.15, -0.1) is 11.3 Å². The van der Waals surface area contributed by atoms with E-state index in [9.17, 15) is 4.79 Å². The third kappa shape index (κ3) is 4.92. The van der Waals surface area contributed by atoms with Crippen LogP contribution in [0.4, 0.5) is 5.69 Å². The minimum atomic E-state index is -0.792. The lowest BCUT2D eigenvalue weighted by molar-refractivity contribution is -0.112. The fraction of sp³-hybridized carbons (Fsp3) is 0.200. The van der Waals surface area contributed by atoms with Crippen molar-refractivity contribution in [2.45, 2.75) is 19.8 Å². The van der Waals surface area contributed by atoms with Crippen LogP contribution in [-0.4, -0.2) is 11.6 Å². The van der Waals surface area contributed by atoms with E-state index in [2.05, 4.69) is 17.2 Å². The maximum absolute atomic E-state index is 11.5. The molecule has 1 aromatic carbocycles. The number of rotatable bonds is 5. The van der Waals surface area contributed by atoms with Crippen molar-refractivity contribution in [1.29, 1.82) is 5.41 Å². The molecule has 4 nitrogen and oxygen atoms in total. The highest BCUT2D eigenvalue weighted by Crippen LogP contribution is 2.33. The second-order valence-corrected chi connectivity index (χ2v) is 8.12. The number of hydrogen-bond acceptors (Lipinski definition) is 4. The topological polar surface area (TPSA) is 79.0 Å². The monoisotopic (exact) mass is 417 g/mol. The molecule has 0 spiro atoms. The Hall–Kier alpha value is -2.26. The van der Waals surface area contributed by atoms with Crippen molar-refractivity contribution < 1.29 is 4.79 Å². The summed E-state index contributed by atoms with van der Waals surface area (Å²) in [4.78, 5) is 13.3. The van der Waals surface area contributed by atoms with E-state index in [0.717, 1.165) is 9.75 Å². The van der Waals surface area contributed by atoms with Crippen molar-refractivity contribution in [3.8, 4) is 11.8 Å². The Kier molecular flexibility index (Phi) is 5.91. The van der Waals surface area contributed by atoms with Gasteiger partial charge in [0, 0.05) is 16.5 Å². The lowest BCUT2D eigenvalue weighted by atomic mass is 10.1. The Balaban J connectivity index is 2.00. The van der Waals surface area contributed by atoms with Crippen LogP contribution in [0.25, 0.3) is 5.70 Å². The van der Waals surface area contributed by atoms with Gasteiger partial charge in [-0.1, -0.05) is 35.0 Å². The standard InChI is InChI=1S/C20H17Cl2N3OS/c1-11(18(23)20(24)26)19(25-16-8-5-13(21)10-15(16)22)17-9-7-14(27-17)6-4-12-2-3-12/h5,7-10,12,23,25H,2-3H2,1H3,(H2,24,26)/b19-11-,23-18?. The van der Waals surface area contributed by atoms with Crippen LogP contribution >= 0.6 is 34.5 Å². The van der Waals surface area contributed by atoms with Gasteiger partial charge in [0.2, 0.25) is 0 Å². The summed E-state index contributed by atoms with van der Waals surface area (Å²) in [6, 6.07) is 8.92. The first-order chi connectivity index (χ1) is 12.8. The molecule has 3 rings (SSSR count). The van der Waals surface area contributed by atoms with Crippen LogP contribution in [0.5, 0.6) is 0 Å². The Morgan fingerprint density at radius 2 is 2.04 bits per heavy atom. The number of hydrogen-bond donors (Lipinski definition) is 3. The molecule has 0 bridgehead atoms. The second kappa shape index (κ2) is 8.18. The van der Waals surface area contributed by atoms with Crippen LogP contribution in [0.3, 0.4) is 0 Å². The van der Waals surface area contributed by atoms with E-state index in [1.807, 2.05) is 12.1 Å². The lowest BCUT2D eigenvalue weighted by Crippen LogP contribution is -2.24. The first-order valence-electron chi connectivity index (χ1n) is 8.28. The van der Waals surface area contributed by atoms with Crippen LogP contribution < -0.4 is 11.1 Å². The van der Waals surface area contributed by atoms with Gasteiger partial charge in [0.25, 0.3) is 5.91 Å². The Morgan fingerprint density at radius 3 is 2.67 bits per heavy atom. The largest absolute Gasteiger partial charge is 0.364 e. The number of nitrogens with one attached hydrogen (secondary N) is 2. The molecule has 0 atom stereocenters. The van der Waals surface area contributed by atoms with Crippen LogP contribution in [0.15, 0.2) is 35.9 Å². The van der Waals surface area contributed by atoms with Crippen LogP contribution in [0, 0.1) is 23.2 Å².